The number of amides is 2. The van der Waals surface area contributed by atoms with Gasteiger partial charge in [-0.15, -0.1) is 0 Å². The van der Waals surface area contributed by atoms with Crippen molar-refractivity contribution in [3.8, 4) is 5.75 Å². The molecular weight excluding hydrogens is 399 g/mol. The molecule has 2 amide bonds. The summed E-state index contributed by atoms with van der Waals surface area (Å²) in [5.74, 6) is 0.0518. The molecule has 0 aliphatic carbocycles. The van der Waals surface area contributed by atoms with Gasteiger partial charge in [-0.25, -0.2) is 0 Å². The molecule has 0 saturated heterocycles. The third-order valence-electron chi connectivity index (χ3n) is 4.02. The Kier molecular flexibility index (Phi) is 6.74. The summed E-state index contributed by atoms with van der Waals surface area (Å²) in [4.78, 5) is 23.9. The summed E-state index contributed by atoms with van der Waals surface area (Å²) in [5, 5.41) is 7.99. The van der Waals surface area contributed by atoms with Crippen LogP contribution in [0.5, 0.6) is 5.75 Å². The van der Waals surface area contributed by atoms with Gasteiger partial charge in [-0.05, 0) is 29.7 Å². The molecule has 3 aromatic rings. The van der Waals surface area contributed by atoms with Crippen LogP contribution < -0.4 is 15.4 Å². The highest BCUT2D eigenvalue weighted by Gasteiger charge is 2.10. The maximum Gasteiger partial charge on any atom is 0.251 e. The summed E-state index contributed by atoms with van der Waals surface area (Å²) in [6, 6.07) is 18.3. The molecule has 0 saturated carbocycles. The molecule has 0 bridgehead atoms. The molecule has 3 aromatic carbocycles. The molecule has 2 N–H and O–H groups in total. The second-order valence-electron chi connectivity index (χ2n) is 5.99. The Morgan fingerprint density at radius 1 is 0.893 bits per heavy atom. The van der Waals surface area contributed by atoms with Gasteiger partial charge in [0.25, 0.3) is 5.91 Å². The monoisotopic (exact) mass is 416 g/mol. The quantitative estimate of drug-likeness (QED) is 0.570. The Bertz CT molecular complexity index is 1000. The molecule has 0 heterocycles. The summed E-state index contributed by atoms with van der Waals surface area (Å²) < 4.78 is 5.76. The van der Waals surface area contributed by atoms with Gasteiger partial charge >= 0.3 is 0 Å². The van der Waals surface area contributed by atoms with E-state index in [1.54, 1.807) is 6.07 Å². The molecule has 144 valence electrons. The van der Waals surface area contributed by atoms with Gasteiger partial charge in [0.2, 0.25) is 5.91 Å². The predicted octanol–water partition coefficient (Wildman–Crippen LogP) is 4.07. The van der Waals surface area contributed by atoms with E-state index < -0.39 is 5.91 Å². The van der Waals surface area contributed by atoms with Crippen LogP contribution in [0.2, 0.25) is 10.0 Å². The molecule has 0 unspecified atom stereocenters. The molecule has 0 spiro atoms. The van der Waals surface area contributed by atoms with Crippen LogP contribution in [0.4, 0.5) is 0 Å². The Hall–Kier alpha value is -2.76. The SMILES string of the molecule is O=C(CNC(=O)c1ccc(Cl)c(Cl)c1)NCCOc1cccc2ccccc12. The predicted molar refractivity (Wildman–Crippen MR) is 111 cm³/mol. The zero-order valence-electron chi connectivity index (χ0n) is 14.9. The Balaban J connectivity index is 1.42. The molecular formula is C21H18Cl2N2O3. The van der Waals surface area contributed by atoms with E-state index in [0.717, 1.165) is 16.5 Å². The first kappa shape index (κ1) is 20.0. The average Bonchev–Trinajstić information content (AvgIpc) is 2.71. The van der Waals surface area contributed by atoms with Crippen LogP contribution in [-0.2, 0) is 4.79 Å². The highest BCUT2D eigenvalue weighted by atomic mass is 35.5. The largest absolute Gasteiger partial charge is 0.491 e. The Morgan fingerprint density at radius 2 is 1.68 bits per heavy atom. The van der Waals surface area contributed by atoms with Gasteiger partial charge in [0, 0.05) is 10.9 Å². The number of carbonyl (C=O) groups excluding carboxylic acids is 2. The fourth-order valence-corrected chi connectivity index (χ4v) is 2.93. The summed E-state index contributed by atoms with van der Waals surface area (Å²) in [5.41, 5.74) is 0.335. The number of benzene rings is 3. The van der Waals surface area contributed by atoms with Crippen molar-refractivity contribution in [2.24, 2.45) is 0 Å². The normalized spacial score (nSPS) is 10.5. The van der Waals surface area contributed by atoms with Gasteiger partial charge < -0.3 is 15.4 Å². The average molecular weight is 417 g/mol. The molecule has 5 nitrogen and oxygen atoms in total. The fraction of sp³-hybridized carbons (Fsp3) is 0.143. The van der Waals surface area contributed by atoms with E-state index in [1.165, 1.54) is 12.1 Å². The van der Waals surface area contributed by atoms with E-state index in [4.69, 9.17) is 27.9 Å². The molecule has 0 aliphatic rings. The van der Waals surface area contributed by atoms with Crippen molar-refractivity contribution in [1.29, 1.82) is 0 Å². The van der Waals surface area contributed by atoms with E-state index in [9.17, 15) is 9.59 Å². The number of hydrogen-bond donors (Lipinski definition) is 2. The van der Waals surface area contributed by atoms with Crippen molar-refractivity contribution in [3.63, 3.8) is 0 Å². The van der Waals surface area contributed by atoms with E-state index in [0.29, 0.717) is 23.7 Å². The van der Waals surface area contributed by atoms with Crippen LogP contribution in [-0.4, -0.2) is 31.5 Å². The smallest absolute Gasteiger partial charge is 0.251 e. The lowest BCUT2D eigenvalue weighted by molar-refractivity contribution is -0.120. The van der Waals surface area contributed by atoms with Crippen molar-refractivity contribution < 1.29 is 14.3 Å². The van der Waals surface area contributed by atoms with Gasteiger partial charge in [-0.1, -0.05) is 59.6 Å². The molecule has 7 heteroatoms. The highest BCUT2D eigenvalue weighted by molar-refractivity contribution is 6.42. The first-order chi connectivity index (χ1) is 13.5. The molecule has 0 aliphatic heterocycles. The van der Waals surface area contributed by atoms with E-state index >= 15 is 0 Å². The van der Waals surface area contributed by atoms with E-state index in [-0.39, 0.29) is 17.5 Å². The Morgan fingerprint density at radius 3 is 2.50 bits per heavy atom. The van der Waals surface area contributed by atoms with Crippen LogP contribution in [0.15, 0.2) is 60.7 Å². The highest BCUT2D eigenvalue weighted by Crippen LogP contribution is 2.25. The molecule has 0 radical (unpaired) electrons. The van der Waals surface area contributed by atoms with Gasteiger partial charge in [0.15, 0.2) is 0 Å². The van der Waals surface area contributed by atoms with Crippen molar-refractivity contribution in [1.82, 2.24) is 10.6 Å². The van der Waals surface area contributed by atoms with Gasteiger partial charge in [-0.3, -0.25) is 9.59 Å². The van der Waals surface area contributed by atoms with E-state index in [2.05, 4.69) is 10.6 Å². The number of hydrogen-bond acceptors (Lipinski definition) is 3. The van der Waals surface area contributed by atoms with Crippen molar-refractivity contribution in [3.05, 3.63) is 76.3 Å². The summed E-state index contributed by atoms with van der Waals surface area (Å²) in [6.45, 7) is 0.499. The van der Waals surface area contributed by atoms with Crippen molar-refractivity contribution in [2.45, 2.75) is 0 Å². The van der Waals surface area contributed by atoms with Crippen LogP contribution >= 0.6 is 23.2 Å². The number of ether oxygens (including phenoxy) is 1. The second kappa shape index (κ2) is 9.44. The van der Waals surface area contributed by atoms with Gasteiger partial charge in [-0.2, -0.15) is 0 Å². The third kappa shape index (κ3) is 5.15. The van der Waals surface area contributed by atoms with Gasteiger partial charge in [0.1, 0.15) is 12.4 Å². The number of carbonyl (C=O) groups is 2. The van der Waals surface area contributed by atoms with Crippen molar-refractivity contribution in [2.75, 3.05) is 19.7 Å². The standard InChI is InChI=1S/C21H18Cl2N2O3/c22-17-9-8-15(12-18(17)23)21(27)25-13-20(26)24-10-11-28-19-7-3-5-14-4-1-2-6-16(14)19/h1-9,12H,10-11,13H2,(H,24,26)(H,25,27). The van der Waals surface area contributed by atoms with Crippen LogP contribution in [0.25, 0.3) is 10.8 Å². The zero-order chi connectivity index (χ0) is 19.9. The van der Waals surface area contributed by atoms with Crippen LogP contribution in [0, 0.1) is 0 Å². The lowest BCUT2D eigenvalue weighted by Gasteiger charge is -2.10. The van der Waals surface area contributed by atoms with Gasteiger partial charge in [0.05, 0.1) is 23.1 Å². The Labute approximate surface area is 172 Å². The first-order valence-electron chi connectivity index (χ1n) is 8.65. The van der Waals surface area contributed by atoms with Crippen LogP contribution in [0.3, 0.4) is 0 Å². The summed E-state index contributed by atoms with van der Waals surface area (Å²) in [7, 11) is 0. The maximum absolute atomic E-state index is 12.0. The number of fused-ring (bicyclic) bond motifs is 1. The lowest BCUT2D eigenvalue weighted by atomic mass is 10.1. The molecule has 3 rings (SSSR count). The number of nitrogens with one attached hydrogen (secondary N) is 2. The number of rotatable bonds is 7. The summed E-state index contributed by atoms with van der Waals surface area (Å²) in [6.07, 6.45) is 0. The fourth-order valence-electron chi connectivity index (χ4n) is 2.64. The second-order valence-corrected chi connectivity index (χ2v) is 6.80. The first-order valence-corrected chi connectivity index (χ1v) is 9.41. The maximum atomic E-state index is 12.0. The minimum absolute atomic E-state index is 0.145. The minimum Gasteiger partial charge on any atom is -0.491 e. The van der Waals surface area contributed by atoms with E-state index in [1.807, 2.05) is 42.5 Å². The minimum atomic E-state index is -0.402. The molecule has 28 heavy (non-hydrogen) atoms. The zero-order valence-corrected chi connectivity index (χ0v) is 16.4. The van der Waals surface area contributed by atoms with Crippen LogP contribution in [0.1, 0.15) is 10.4 Å². The molecule has 0 aromatic heterocycles. The lowest BCUT2D eigenvalue weighted by Crippen LogP contribution is -2.38. The topological polar surface area (TPSA) is 67.4 Å². The summed E-state index contributed by atoms with van der Waals surface area (Å²) >= 11 is 11.7. The molecule has 0 atom stereocenters. The molecule has 0 fully saturated rings. The van der Waals surface area contributed by atoms with Crippen molar-refractivity contribution >= 4 is 45.8 Å². The number of halogens is 2. The third-order valence-corrected chi connectivity index (χ3v) is 4.76.